The molecule has 1 aliphatic heterocycles. The monoisotopic (exact) mass is 410 g/mol. The van der Waals surface area contributed by atoms with E-state index in [2.05, 4.69) is 22.2 Å². The number of rotatable bonds is 4. The van der Waals surface area contributed by atoms with Gasteiger partial charge in [0.15, 0.2) is 17.3 Å². The number of hydrogen-bond donors (Lipinski definition) is 1. The summed E-state index contributed by atoms with van der Waals surface area (Å²) in [6.45, 7) is 4.65. The SMILES string of the molecule is CCC1CCCCN1C(=O)c1cnc2nc(C)ccc2c1Nc1ccc(F)c(F)c1. The van der Waals surface area contributed by atoms with Crippen LogP contribution in [0.15, 0.2) is 36.5 Å². The molecule has 1 N–H and O–H groups in total. The van der Waals surface area contributed by atoms with Crippen molar-refractivity contribution in [2.45, 2.75) is 45.6 Å². The lowest BCUT2D eigenvalue weighted by molar-refractivity contribution is 0.0609. The number of carbonyl (C=O) groups excluding carboxylic acids is 1. The van der Waals surface area contributed by atoms with Gasteiger partial charge in [0.2, 0.25) is 0 Å². The molecular weight excluding hydrogens is 386 g/mol. The Morgan fingerprint density at radius 2 is 2.03 bits per heavy atom. The first-order valence-corrected chi connectivity index (χ1v) is 10.3. The minimum absolute atomic E-state index is 0.110. The first-order chi connectivity index (χ1) is 14.5. The number of piperidine rings is 1. The van der Waals surface area contributed by atoms with Gasteiger partial charge in [-0.25, -0.2) is 18.7 Å². The first-order valence-electron chi connectivity index (χ1n) is 10.3. The van der Waals surface area contributed by atoms with Crippen molar-refractivity contribution in [3.05, 3.63) is 59.4 Å². The zero-order valence-electron chi connectivity index (χ0n) is 17.1. The minimum atomic E-state index is -0.956. The van der Waals surface area contributed by atoms with E-state index in [-0.39, 0.29) is 11.9 Å². The van der Waals surface area contributed by atoms with E-state index in [1.54, 1.807) is 0 Å². The average molecular weight is 410 g/mol. The summed E-state index contributed by atoms with van der Waals surface area (Å²) in [5.41, 5.74) is 2.54. The van der Waals surface area contributed by atoms with Crippen molar-refractivity contribution >= 4 is 28.3 Å². The highest BCUT2D eigenvalue weighted by Crippen LogP contribution is 2.32. The van der Waals surface area contributed by atoms with E-state index in [1.165, 1.54) is 12.3 Å². The molecule has 4 rings (SSSR count). The molecule has 1 saturated heterocycles. The van der Waals surface area contributed by atoms with Gasteiger partial charge in [0.1, 0.15) is 0 Å². The van der Waals surface area contributed by atoms with Gasteiger partial charge in [0.25, 0.3) is 5.91 Å². The Labute approximate surface area is 174 Å². The van der Waals surface area contributed by atoms with Crippen LogP contribution in [0.1, 0.15) is 48.7 Å². The molecule has 1 amide bonds. The number of aromatic nitrogens is 2. The Hall–Kier alpha value is -3.09. The zero-order chi connectivity index (χ0) is 21.3. The second-order valence-corrected chi connectivity index (χ2v) is 7.68. The second kappa shape index (κ2) is 8.34. The van der Waals surface area contributed by atoms with Crippen molar-refractivity contribution in [1.29, 1.82) is 0 Å². The molecule has 5 nitrogen and oxygen atoms in total. The number of amides is 1. The molecule has 1 aliphatic rings. The molecular formula is C23H24F2N4O. The Morgan fingerprint density at radius 3 is 2.80 bits per heavy atom. The lowest BCUT2D eigenvalue weighted by Crippen LogP contribution is -2.43. The van der Waals surface area contributed by atoms with Crippen molar-refractivity contribution in [1.82, 2.24) is 14.9 Å². The molecule has 1 atom stereocenters. The van der Waals surface area contributed by atoms with Gasteiger partial charge in [-0.3, -0.25) is 4.79 Å². The molecule has 2 aromatic heterocycles. The minimum Gasteiger partial charge on any atom is -0.354 e. The summed E-state index contributed by atoms with van der Waals surface area (Å²) in [5.74, 6) is -1.99. The summed E-state index contributed by atoms with van der Waals surface area (Å²) in [7, 11) is 0. The van der Waals surface area contributed by atoms with Crippen LogP contribution in [0.25, 0.3) is 11.0 Å². The average Bonchev–Trinajstić information content (AvgIpc) is 2.75. The second-order valence-electron chi connectivity index (χ2n) is 7.68. The largest absolute Gasteiger partial charge is 0.354 e. The number of likely N-dealkylation sites (tertiary alicyclic amines) is 1. The first kappa shape index (κ1) is 20.2. The van der Waals surface area contributed by atoms with E-state index in [0.717, 1.165) is 43.5 Å². The van der Waals surface area contributed by atoms with Gasteiger partial charge >= 0.3 is 0 Å². The maximum atomic E-state index is 13.8. The standard InChI is InChI=1S/C23H24F2N4O/c1-3-16-6-4-5-11-29(16)23(30)18-13-26-22-17(9-7-14(2)27-22)21(18)28-15-8-10-19(24)20(25)12-15/h7-10,12-13,16H,3-6,11H2,1-2H3,(H,26,27,28). The van der Waals surface area contributed by atoms with Crippen LogP contribution in [0.5, 0.6) is 0 Å². The highest BCUT2D eigenvalue weighted by atomic mass is 19.2. The highest BCUT2D eigenvalue weighted by Gasteiger charge is 2.29. The summed E-state index contributed by atoms with van der Waals surface area (Å²) < 4.78 is 27.2. The van der Waals surface area contributed by atoms with Gasteiger partial charge < -0.3 is 10.2 Å². The molecule has 0 spiro atoms. The molecule has 1 fully saturated rings. The maximum absolute atomic E-state index is 13.8. The normalized spacial score (nSPS) is 16.7. The number of nitrogens with zero attached hydrogens (tertiary/aromatic N) is 3. The van der Waals surface area contributed by atoms with Crippen molar-refractivity contribution in [3.63, 3.8) is 0 Å². The third kappa shape index (κ3) is 3.84. The quantitative estimate of drug-likeness (QED) is 0.629. The smallest absolute Gasteiger partial charge is 0.257 e. The van der Waals surface area contributed by atoms with Crippen LogP contribution < -0.4 is 5.32 Å². The Morgan fingerprint density at radius 1 is 1.20 bits per heavy atom. The number of nitrogens with one attached hydrogen (secondary N) is 1. The maximum Gasteiger partial charge on any atom is 0.257 e. The van der Waals surface area contributed by atoms with Gasteiger partial charge in [0, 0.05) is 41.6 Å². The van der Waals surface area contributed by atoms with Gasteiger partial charge in [-0.1, -0.05) is 6.92 Å². The molecule has 156 valence electrons. The van der Waals surface area contributed by atoms with Gasteiger partial charge in [-0.2, -0.15) is 0 Å². The van der Waals surface area contributed by atoms with Crippen LogP contribution in [0.3, 0.4) is 0 Å². The summed E-state index contributed by atoms with van der Waals surface area (Å²) in [6.07, 6.45) is 5.48. The number of hydrogen-bond acceptors (Lipinski definition) is 4. The fourth-order valence-corrected chi connectivity index (χ4v) is 4.03. The molecule has 1 aromatic carbocycles. The number of fused-ring (bicyclic) bond motifs is 1. The fraction of sp³-hybridized carbons (Fsp3) is 0.348. The van der Waals surface area contributed by atoms with Crippen molar-refractivity contribution in [2.75, 3.05) is 11.9 Å². The van der Waals surface area contributed by atoms with E-state index in [9.17, 15) is 13.6 Å². The van der Waals surface area contributed by atoms with Crippen molar-refractivity contribution in [3.8, 4) is 0 Å². The fourth-order valence-electron chi connectivity index (χ4n) is 4.03. The number of carbonyl (C=O) groups is 1. The van der Waals surface area contributed by atoms with Crippen LogP contribution in [0.2, 0.25) is 0 Å². The Kier molecular flexibility index (Phi) is 5.61. The van der Waals surface area contributed by atoms with E-state index < -0.39 is 11.6 Å². The van der Waals surface area contributed by atoms with Gasteiger partial charge in [-0.05, 0) is 56.9 Å². The van der Waals surface area contributed by atoms with Crippen molar-refractivity contribution in [2.24, 2.45) is 0 Å². The zero-order valence-corrected chi connectivity index (χ0v) is 17.1. The van der Waals surface area contributed by atoms with Crippen molar-refractivity contribution < 1.29 is 13.6 Å². The number of halogens is 2. The van der Waals surface area contributed by atoms with Crippen LogP contribution in [0, 0.1) is 18.6 Å². The summed E-state index contributed by atoms with van der Waals surface area (Å²) in [4.78, 5) is 24.3. The summed E-state index contributed by atoms with van der Waals surface area (Å²) in [6, 6.07) is 7.45. The third-order valence-electron chi connectivity index (χ3n) is 5.65. The van der Waals surface area contributed by atoms with E-state index >= 15 is 0 Å². The predicted octanol–water partition coefficient (Wildman–Crippen LogP) is 5.36. The van der Waals surface area contributed by atoms with E-state index in [4.69, 9.17) is 0 Å². The third-order valence-corrected chi connectivity index (χ3v) is 5.65. The number of benzene rings is 1. The predicted molar refractivity (Wildman–Crippen MR) is 113 cm³/mol. The summed E-state index contributed by atoms with van der Waals surface area (Å²) in [5, 5.41) is 3.78. The van der Waals surface area contributed by atoms with Crippen LogP contribution in [-0.4, -0.2) is 33.4 Å². The number of aryl methyl sites for hydroxylation is 1. The van der Waals surface area contributed by atoms with Crippen LogP contribution in [0.4, 0.5) is 20.2 Å². The molecule has 0 bridgehead atoms. The molecule has 0 radical (unpaired) electrons. The Balaban J connectivity index is 1.82. The van der Waals surface area contributed by atoms with Crippen LogP contribution in [-0.2, 0) is 0 Å². The molecule has 30 heavy (non-hydrogen) atoms. The lowest BCUT2D eigenvalue weighted by atomic mass is 9.98. The number of anilines is 2. The topological polar surface area (TPSA) is 58.1 Å². The van der Waals surface area contributed by atoms with E-state index in [0.29, 0.717) is 34.5 Å². The molecule has 7 heteroatoms. The highest BCUT2D eigenvalue weighted by molar-refractivity contribution is 6.07. The number of pyridine rings is 2. The molecule has 0 aliphatic carbocycles. The molecule has 3 aromatic rings. The lowest BCUT2D eigenvalue weighted by Gasteiger charge is -2.35. The van der Waals surface area contributed by atoms with Gasteiger partial charge in [-0.15, -0.1) is 0 Å². The van der Waals surface area contributed by atoms with Gasteiger partial charge in [0.05, 0.1) is 11.3 Å². The molecule has 3 heterocycles. The molecule has 1 unspecified atom stereocenters. The van der Waals surface area contributed by atoms with Crippen LogP contribution >= 0.6 is 0 Å². The Bertz CT molecular complexity index is 1100. The molecule has 0 saturated carbocycles. The summed E-state index contributed by atoms with van der Waals surface area (Å²) >= 11 is 0. The van der Waals surface area contributed by atoms with E-state index in [1.807, 2.05) is 24.0 Å².